The first-order chi connectivity index (χ1) is 15.3. The van der Waals surface area contributed by atoms with E-state index < -0.39 is 23.8 Å². The minimum absolute atomic E-state index is 0.0192. The van der Waals surface area contributed by atoms with Gasteiger partial charge >= 0.3 is 12.0 Å². The summed E-state index contributed by atoms with van der Waals surface area (Å²) in [6.45, 7) is 0. The number of nitrogens with zero attached hydrogens (tertiary/aromatic N) is 1. The van der Waals surface area contributed by atoms with Crippen molar-refractivity contribution in [3.8, 4) is 11.3 Å². The second-order valence-corrected chi connectivity index (χ2v) is 7.40. The number of halogens is 2. The Morgan fingerprint density at radius 3 is 2.53 bits per heavy atom. The van der Waals surface area contributed by atoms with E-state index in [4.69, 9.17) is 32.7 Å². The first-order valence-electron chi connectivity index (χ1n) is 9.05. The van der Waals surface area contributed by atoms with Crippen molar-refractivity contribution in [3.05, 3.63) is 81.5 Å². The number of hydrogen-bond donors (Lipinski definition) is 2. The Bertz CT molecular complexity index is 1330. The van der Waals surface area contributed by atoms with Gasteiger partial charge in [-0.15, -0.1) is 0 Å². The fourth-order valence-corrected chi connectivity index (χ4v) is 3.45. The van der Waals surface area contributed by atoms with E-state index in [-0.39, 0.29) is 32.6 Å². The average molecular weight is 471 g/mol. The number of hydrogen-bond acceptors (Lipinski definition) is 5. The standard InChI is InChI=1S/C22H12Cl2N2O6/c23-15-5-2-6-16(18(15)24)26-20(28)14(19(27)25-22(26)31)10-13-7-8-17(32-13)11-3-1-4-12(9-11)21(29)30/h1-10H,(H,29,30)(H,25,27,31)/b14-10+. The number of furan rings is 1. The number of carbonyl (C=O) groups excluding carboxylic acids is 3. The highest BCUT2D eigenvalue weighted by atomic mass is 35.5. The summed E-state index contributed by atoms with van der Waals surface area (Å²) >= 11 is 12.1. The lowest BCUT2D eigenvalue weighted by atomic mass is 10.1. The van der Waals surface area contributed by atoms with E-state index in [0.717, 1.165) is 0 Å². The number of carboxylic acids is 1. The van der Waals surface area contributed by atoms with Crippen molar-refractivity contribution in [2.45, 2.75) is 0 Å². The summed E-state index contributed by atoms with van der Waals surface area (Å²) in [4.78, 5) is 49.5. The topological polar surface area (TPSA) is 117 Å². The van der Waals surface area contributed by atoms with Crippen molar-refractivity contribution in [2.75, 3.05) is 4.90 Å². The molecule has 0 radical (unpaired) electrons. The highest BCUT2D eigenvalue weighted by Gasteiger charge is 2.38. The smallest absolute Gasteiger partial charge is 0.336 e. The molecule has 4 rings (SSSR count). The Kier molecular flexibility index (Phi) is 5.56. The summed E-state index contributed by atoms with van der Waals surface area (Å²) in [6.07, 6.45) is 1.18. The molecule has 8 nitrogen and oxygen atoms in total. The predicted molar refractivity (Wildman–Crippen MR) is 117 cm³/mol. The summed E-state index contributed by atoms with van der Waals surface area (Å²) in [5, 5.41) is 11.3. The average Bonchev–Trinajstić information content (AvgIpc) is 3.23. The largest absolute Gasteiger partial charge is 0.478 e. The minimum Gasteiger partial charge on any atom is -0.478 e. The molecule has 0 unspecified atom stereocenters. The molecule has 1 aliphatic rings. The van der Waals surface area contributed by atoms with E-state index in [0.29, 0.717) is 16.2 Å². The molecule has 1 aromatic heterocycles. The third kappa shape index (κ3) is 3.89. The summed E-state index contributed by atoms with van der Waals surface area (Å²) in [5.41, 5.74) is 0.233. The van der Waals surface area contributed by atoms with Crippen LogP contribution in [0.1, 0.15) is 16.1 Å². The van der Waals surface area contributed by atoms with Crippen LogP contribution in [0.5, 0.6) is 0 Å². The fourth-order valence-electron chi connectivity index (χ4n) is 3.07. The highest BCUT2D eigenvalue weighted by molar-refractivity contribution is 6.46. The van der Waals surface area contributed by atoms with Gasteiger partial charge in [0.15, 0.2) is 0 Å². The number of benzene rings is 2. The molecule has 3 aromatic rings. The molecule has 1 fully saturated rings. The summed E-state index contributed by atoms with van der Waals surface area (Å²) < 4.78 is 5.66. The summed E-state index contributed by atoms with van der Waals surface area (Å²) in [5.74, 6) is -2.43. The van der Waals surface area contributed by atoms with Gasteiger partial charge in [-0.3, -0.25) is 14.9 Å². The summed E-state index contributed by atoms with van der Waals surface area (Å²) in [6, 6.07) is 12.6. The van der Waals surface area contributed by atoms with Crippen LogP contribution in [-0.4, -0.2) is 28.9 Å². The maximum absolute atomic E-state index is 13.0. The first-order valence-corrected chi connectivity index (χ1v) is 9.81. The molecule has 2 aromatic carbocycles. The third-order valence-electron chi connectivity index (χ3n) is 4.58. The van der Waals surface area contributed by atoms with Crippen molar-refractivity contribution in [1.29, 1.82) is 0 Å². The molecule has 0 atom stereocenters. The van der Waals surface area contributed by atoms with E-state index in [1.54, 1.807) is 18.2 Å². The van der Waals surface area contributed by atoms with Crippen molar-refractivity contribution < 1.29 is 28.7 Å². The van der Waals surface area contributed by atoms with Gasteiger partial charge in [0, 0.05) is 5.56 Å². The van der Waals surface area contributed by atoms with Crippen LogP contribution in [0.25, 0.3) is 17.4 Å². The molecule has 4 amide bonds. The Hall–Kier alpha value is -3.88. The molecule has 0 aliphatic carbocycles. The number of anilines is 1. The minimum atomic E-state index is -1.09. The number of aromatic carboxylic acids is 1. The van der Waals surface area contributed by atoms with Crippen molar-refractivity contribution in [1.82, 2.24) is 5.32 Å². The van der Waals surface area contributed by atoms with Crippen LogP contribution in [0, 0.1) is 0 Å². The number of nitrogens with one attached hydrogen (secondary N) is 1. The normalized spacial score (nSPS) is 15.2. The molecular weight excluding hydrogens is 459 g/mol. The number of carboxylic acid groups (broad SMARTS) is 1. The lowest BCUT2D eigenvalue weighted by Gasteiger charge is -2.27. The Morgan fingerprint density at radius 1 is 1.03 bits per heavy atom. The first kappa shape index (κ1) is 21.4. The zero-order valence-corrected chi connectivity index (χ0v) is 17.5. The number of carbonyl (C=O) groups is 4. The zero-order valence-electron chi connectivity index (χ0n) is 16.0. The number of imide groups is 2. The Labute approximate surface area is 190 Å². The van der Waals surface area contributed by atoms with Crippen LogP contribution in [0.2, 0.25) is 10.0 Å². The predicted octanol–water partition coefficient (Wildman–Crippen LogP) is 4.62. The number of amides is 4. The van der Waals surface area contributed by atoms with Crippen LogP contribution in [0.15, 0.2) is 64.6 Å². The summed E-state index contributed by atoms with van der Waals surface area (Å²) in [7, 11) is 0. The molecule has 1 aliphatic heterocycles. The van der Waals surface area contributed by atoms with Gasteiger partial charge in [-0.1, -0.05) is 41.4 Å². The monoisotopic (exact) mass is 470 g/mol. The number of barbiturate groups is 1. The SMILES string of the molecule is O=C1NC(=O)N(c2cccc(Cl)c2Cl)C(=O)/C1=C/c1ccc(-c2cccc(C(=O)O)c2)o1. The molecule has 0 spiro atoms. The third-order valence-corrected chi connectivity index (χ3v) is 5.39. The van der Waals surface area contributed by atoms with Crippen LogP contribution in [0.3, 0.4) is 0 Å². The van der Waals surface area contributed by atoms with E-state index in [9.17, 15) is 19.2 Å². The molecule has 32 heavy (non-hydrogen) atoms. The molecule has 160 valence electrons. The van der Waals surface area contributed by atoms with Crippen LogP contribution < -0.4 is 10.2 Å². The van der Waals surface area contributed by atoms with Crippen molar-refractivity contribution in [3.63, 3.8) is 0 Å². The van der Waals surface area contributed by atoms with E-state index in [2.05, 4.69) is 5.32 Å². The van der Waals surface area contributed by atoms with Gasteiger partial charge in [-0.2, -0.15) is 0 Å². The van der Waals surface area contributed by atoms with E-state index in [1.165, 1.54) is 42.5 Å². The van der Waals surface area contributed by atoms with Crippen LogP contribution in [-0.2, 0) is 9.59 Å². The molecule has 0 saturated carbocycles. The second kappa shape index (κ2) is 8.33. The van der Waals surface area contributed by atoms with Crippen LogP contribution >= 0.6 is 23.2 Å². The fraction of sp³-hybridized carbons (Fsp3) is 0. The van der Waals surface area contributed by atoms with Crippen molar-refractivity contribution >= 4 is 58.8 Å². The lowest BCUT2D eigenvalue weighted by molar-refractivity contribution is -0.122. The molecular formula is C22H12Cl2N2O6. The zero-order chi connectivity index (χ0) is 23.0. The molecule has 1 saturated heterocycles. The highest BCUT2D eigenvalue weighted by Crippen LogP contribution is 2.34. The van der Waals surface area contributed by atoms with E-state index in [1.807, 2.05) is 0 Å². The lowest BCUT2D eigenvalue weighted by Crippen LogP contribution is -2.54. The van der Waals surface area contributed by atoms with Gasteiger partial charge in [0.05, 0.1) is 21.3 Å². The molecule has 0 bridgehead atoms. The van der Waals surface area contributed by atoms with Gasteiger partial charge in [0.1, 0.15) is 17.1 Å². The van der Waals surface area contributed by atoms with Gasteiger partial charge < -0.3 is 9.52 Å². The molecule has 10 heteroatoms. The van der Waals surface area contributed by atoms with Gasteiger partial charge in [-0.25, -0.2) is 14.5 Å². The van der Waals surface area contributed by atoms with Gasteiger partial charge in [0.25, 0.3) is 11.8 Å². The van der Waals surface area contributed by atoms with Crippen molar-refractivity contribution in [2.24, 2.45) is 0 Å². The van der Waals surface area contributed by atoms with Crippen LogP contribution in [0.4, 0.5) is 10.5 Å². The van der Waals surface area contributed by atoms with Gasteiger partial charge in [-0.05, 0) is 42.5 Å². The molecule has 2 N–H and O–H groups in total. The Morgan fingerprint density at radius 2 is 1.78 bits per heavy atom. The maximum Gasteiger partial charge on any atom is 0.336 e. The second-order valence-electron chi connectivity index (χ2n) is 6.62. The number of rotatable bonds is 4. The van der Waals surface area contributed by atoms with Gasteiger partial charge in [0.2, 0.25) is 0 Å². The number of urea groups is 1. The molecule has 2 heterocycles. The van der Waals surface area contributed by atoms with E-state index >= 15 is 0 Å². The maximum atomic E-state index is 13.0. The quantitative estimate of drug-likeness (QED) is 0.424. The Balaban J connectivity index is 1.69.